The van der Waals surface area contributed by atoms with Crippen LogP contribution in [0, 0.1) is 0 Å². The van der Waals surface area contributed by atoms with Crippen LogP contribution in [-0.4, -0.2) is 28.0 Å². The molecule has 1 nitrogen and oxygen atoms in total. The van der Waals surface area contributed by atoms with Gasteiger partial charge in [0.2, 0.25) is 0 Å². The van der Waals surface area contributed by atoms with Gasteiger partial charge in [-0.25, -0.2) is 0 Å². The lowest BCUT2D eigenvalue weighted by atomic mass is 10.0. The summed E-state index contributed by atoms with van der Waals surface area (Å²) in [7, 11) is 0. The molecule has 1 fully saturated rings. The maximum atomic E-state index is 6.43. The summed E-state index contributed by atoms with van der Waals surface area (Å²) in [6, 6.07) is 8.63. The maximum Gasteiger partial charge on any atom is 0.0463 e. The van der Waals surface area contributed by atoms with Crippen molar-refractivity contribution in [2.75, 3.05) is 12.3 Å². The van der Waals surface area contributed by atoms with Crippen molar-refractivity contribution in [1.82, 2.24) is 5.32 Å². The molecule has 0 aliphatic carbocycles. The van der Waals surface area contributed by atoms with Crippen molar-refractivity contribution >= 4 is 35.1 Å². The number of nitrogens with one attached hydrogen (secondary N) is 1. The summed E-state index contributed by atoms with van der Waals surface area (Å²) in [5, 5.41) is 6.64. The van der Waals surface area contributed by atoms with E-state index in [1.165, 1.54) is 11.3 Å². The third-order valence-corrected chi connectivity index (χ3v) is 7.64. The Kier molecular flexibility index (Phi) is 6.60. The summed E-state index contributed by atoms with van der Waals surface area (Å²) in [4.78, 5) is 0. The molecule has 4 unspecified atom stereocenters. The fourth-order valence-corrected chi connectivity index (χ4v) is 5.81. The molecule has 4 atom stereocenters. The van der Waals surface area contributed by atoms with Gasteiger partial charge < -0.3 is 5.32 Å². The molecule has 1 saturated heterocycles. The van der Waals surface area contributed by atoms with Crippen LogP contribution < -0.4 is 5.32 Å². The number of rotatable bonds is 5. The summed E-state index contributed by atoms with van der Waals surface area (Å²) in [6.07, 6.45) is 1.15. The van der Waals surface area contributed by atoms with Crippen molar-refractivity contribution < 1.29 is 0 Å². The van der Waals surface area contributed by atoms with Crippen LogP contribution in [-0.2, 0) is 0 Å². The second-order valence-electron chi connectivity index (χ2n) is 5.37. The first-order chi connectivity index (χ1) is 9.63. The fourth-order valence-electron chi connectivity index (χ4n) is 2.45. The second-order valence-corrected chi connectivity index (χ2v) is 8.81. The molecule has 0 amide bonds. The quantitative estimate of drug-likeness (QED) is 0.815. The van der Waals surface area contributed by atoms with E-state index in [1.807, 2.05) is 12.1 Å². The molecule has 20 heavy (non-hydrogen) atoms. The Morgan fingerprint density at radius 2 is 2.05 bits per heavy atom. The highest BCUT2D eigenvalue weighted by molar-refractivity contribution is 8.07. The summed E-state index contributed by atoms with van der Waals surface area (Å²) in [5.41, 5.74) is 1.25. The van der Waals surface area contributed by atoms with E-state index < -0.39 is 0 Å². The topological polar surface area (TPSA) is 12.0 Å². The standard InChI is InChI=1S/C16H24ClNS2/c1-4-9-18-16(13-7-5-6-8-14(13)17)15-10-19-11(2)12(3)20-15/h5-8,11-12,15-16,18H,4,9-10H2,1-3H3. The summed E-state index contributed by atoms with van der Waals surface area (Å²) >= 11 is 10.6. The molecule has 112 valence electrons. The van der Waals surface area contributed by atoms with E-state index in [2.05, 4.69) is 61.7 Å². The average Bonchev–Trinajstić information content (AvgIpc) is 2.44. The first-order valence-electron chi connectivity index (χ1n) is 7.38. The molecule has 0 bridgehead atoms. The van der Waals surface area contributed by atoms with E-state index in [0.717, 1.165) is 23.2 Å². The fraction of sp³-hybridized carbons (Fsp3) is 0.625. The van der Waals surface area contributed by atoms with Crippen molar-refractivity contribution in [3.05, 3.63) is 34.9 Å². The van der Waals surface area contributed by atoms with Crippen molar-refractivity contribution in [2.45, 2.75) is 49.0 Å². The lowest BCUT2D eigenvalue weighted by Gasteiger charge is -2.36. The van der Waals surface area contributed by atoms with E-state index in [4.69, 9.17) is 11.6 Å². The Hall–Kier alpha value is 0.170. The number of hydrogen-bond acceptors (Lipinski definition) is 3. The van der Waals surface area contributed by atoms with Crippen molar-refractivity contribution in [3.63, 3.8) is 0 Å². The normalized spacial score (nSPS) is 28.3. The number of benzene rings is 1. The highest BCUT2D eigenvalue weighted by Crippen LogP contribution is 2.42. The zero-order chi connectivity index (χ0) is 14.5. The van der Waals surface area contributed by atoms with Gasteiger partial charge in [-0.2, -0.15) is 23.5 Å². The highest BCUT2D eigenvalue weighted by Gasteiger charge is 2.32. The molecular formula is C16H24ClNS2. The molecule has 4 heteroatoms. The van der Waals surface area contributed by atoms with Crippen LogP contribution in [0.4, 0.5) is 0 Å². The zero-order valence-corrected chi connectivity index (χ0v) is 14.8. The first-order valence-corrected chi connectivity index (χ1v) is 9.75. The van der Waals surface area contributed by atoms with Crippen molar-refractivity contribution in [2.24, 2.45) is 0 Å². The third kappa shape index (κ3) is 4.09. The van der Waals surface area contributed by atoms with E-state index in [-0.39, 0.29) is 0 Å². The van der Waals surface area contributed by atoms with Gasteiger partial charge >= 0.3 is 0 Å². The van der Waals surface area contributed by atoms with Gasteiger partial charge in [0.15, 0.2) is 0 Å². The smallest absolute Gasteiger partial charge is 0.0463 e. The first kappa shape index (κ1) is 16.5. The predicted octanol–water partition coefficient (Wildman–Crippen LogP) is 5.01. The molecule has 0 aromatic heterocycles. The van der Waals surface area contributed by atoms with Crippen LogP contribution in [0.1, 0.15) is 38.8 Å². The van der Waals surface area contributed by atoms with E-state index >= 15 is 0 Å². The number of hydrogen-bond donors (Lipinski definition) is 1. The molecule has 1 aliphatic heterocycles. The molecule has 2 rings (SSSR count). The van der Waals surface area contributed by atoms with Gasteiger partial charge in [-0.3, -0.25) is 0 Å². The van der Waals surface area contributed by atoms with Crippen molar-refractivity contribution in [1.29, 1.82) is 0 Å². The molecule has 1 aliphatic rings. The van der Waals surface area contributed by atoms with Gasteiger partial charge in [0.25, 0.3) is 0 Å². The second kappa shape index (κ2) is 7.98. The predicted molar refractivity (Wildman–Crippen MR) is 95.2 cm³/mol. The van der Waals surface area contributed by atoms with Crippen LogP contribution in [0.5, 0.6) is 0 Å². The third-order valence-electron chi connectivity index (χ3n) is 3.80. The van der Waals surface area contributed by atoms with Gasteiger partial charge in [-0.15, -0.1) is 0 Å². The van der Waals surface area contributed by atoms with Crippen LogP contribution >= 0.6 is 35.1 Å². The summed E-state index contributed by atoms with van der Waals surface area (Å²) in [6.45, 7) is 7.94. The van der Waals surface area contributed by atoms with Crippen LogP contribution in [0.25, 0.3) is 0 Å². The lowest BCUT2D eigenvalue weighted by molar-refractivity contribution is 0.528. The molecule has 0 spiro atoms. The van der Waals surface area contributed by atoms with Crippen molar-refractivity contribution in [3.8, 4) is 0 Å². The lowest BCUT2D eigenvalue weighted by Crippen LogP contribution is -2.37. The molecule has 1 aromatic rings. The van der Waals surface area contributed by atoms with E-state index in [1.54, 1.807) is 0 Å². The zero-order valence-electron chi connectivity index (χ0n) is 12.4. The molecule has 1 aromatic carbocycles. The van der Waals surface area contributed by atoms with Crippen LogP contribution in [0.2, 0.25) is 5.02 Å². The minimum Gasteiger partial charge on any atom is -0.309 e. The average molecular weight is 330 g/mol. The Morgan fingerprint density at radius 1 is 1.30 bits per heavy atom. The Labute approximate surface area is 136 Å². The summed E-state index contributed by atoms with van der Waals surface area (Å²) < 4.78 is 0. The van der Waals surface area contributed by atoms with E-state index in [9.17, 15) is 0 Å². The van der Waals surface area contributed by atoms with Gasteiger partial charge in [0, 0.05) is 32.6 Å². The number of thioether (sulfide) groups is 2. The van der Waals surface area contributed by atoms with Gasteiger partial charge in [0.05, 0.1) is 0 Å². The summed E-state index contributed by atoms with van der Waals surface area (Å²) in [5.74, 6) is 1.20. The van der Waals surface area contributed by atoms with Crippen LogP contribution in [0.15, 0.2) is 24.3 Å². The molecule has 0 saturated carbocycles. The minimum absolute atomic E-state index is 0.357. The monoisotopic (exact) mass is 329 g/mol. The number of halogens is 1. The SMILES string of the molecule is CCCNC(c1ccccc1Cl)C1CSC(C)C(C)S1. The highest BCUT2D eigenvalue weighted by atomic mass is 35.5. The largest absolute Gasteiger partial charge is 0.309 e. The molecule has 0 radical (unpaired) electrons. The van der Waals surface area contributed by atoms with E-state index in [0.29, 0.717) is 16.5 Å². The molecule has 1 heterocycles. The Bertz CT molecular complexity index is 427. The molecular weight excluding hydrogens is 306 g/mol. The molecule has 1 N–H and O–H groups in total. The van der Waals surface area contributed by atoms with Gasteiger partial charge in [-0.05, 0) is 24.6 Å². The Balaban J connectivity index is 2.17. The maximum absolute atomic E-state index is 6.43. The van der Waals surface area contributed by atoms with Gasteiger partial charge in [0.1, 0.15) is 0 Å². The minimum atomic E-state index is 0.357. The Morgan fingerprint density at radius 3 is 2.70 bits per heavy atom. The van der Waals surface area contributed by atoms with Crippen LogP contribution in [0.3, 0.4) is 0 Å². The van der Waals surface area contributed by atoms with Gasteiger partial charge in [-0.1, -0.05) is 50.6 Å².